The van der Waals surface area contributed by atoms with E-state index in [9.17, 15) is 9.59 Å². The maximum absolute atomic E-state index is 11.4. The molecular weight excluding hydrogens is 252 g/mol. The first kappa shape index (κ1) is 14.8. The van der Waals surface area contributed by atoms with Gasteiger partial charge in [0.2, 0.25) is 0 Å². The van der Waals surface area contributed by atoms with Gasteiger partial charge in [0.05, 0.1) is 11.5 Å². The van der Waals surface area contributed by atoms with Crippen LogP contribution in [0.5, 0.6) is 0 Å². The smallest absolute Gasteiger partial charge is 0.309 e. The fraction of sp³-hybridized carbons (Fsp3) is 0.727. The van der Waals surface area contributed by atoms with Crippen LogP contribution in [0.2, 0.25) is 0 Å². The molecule has 0 aromatic rings. The third-order valence-electron chi connectivity index (χ3n) is 3.02. The molecule has 0 saturated carbocycles. The normalized spacial score (nSPS) is 17.2. The van der Waals surface area contributed by atoms with Gasteiger partial charge in [-0.05, 0) is 38.9 Å². The fourth-order valence-electron chi connectivity index (χ4n) is 1.83. The van der Waals surface area contributed by atoms with Gasteiger partial charge < -0.3 is 21.3 Å². The molecule has 102 valence electrons. The van der Waals surface area contributed by atoms with Crippen molar-refractivity contribution >= 4 is 29.0 Å². The van der Waals surface area contributed by atoms with E-state index in [0.29, 0.717) is 12.5 Å². The molecule has 1 aliphatic heterocycles. The summed E-state index contributed by atoms with van der Waals surface area (Å²) in [7, 11) is 2.08. The number of nitrogens with one attached hydrogen (secondary N) is 2. The highest BCUT2D eigenvalue weighted by Crippen LogP contribution is 2.14. The molecule has 7 heteroatoms. The summed E-state index contributed by atoms with van der Waals surface area (Å²) in [5.74, 6) is -0.852. The average molecular weight is 272 g/mol. The Morgan fingerprint density at radius 1 is 1.28 bits per heavy atom. The summed E-state index contributed by atoms with van der Waals surface area (Å²) >= 11 is 4.61. The lowest BCUT2D eigenvalue weighted by Gasteiger charge is -2.28. The molecule has 0 atom stereocenters. The number of carbonyl (C=O) groups is 2. The van der Waals surface area contributed by atoms with Gasteiger partial charge in [0.25, 0.3) is 0 Å². The molecule has 1 rings (SSSR count). The maximum Gasteiger partial charge on any atom is 0.309 e. The Kier molecular flexibility index (Phi) is 6.00. The minimum Gasteiger partial charge on any atom is -0.392 e. The van der Waals surface area contributed by atoms with E-state index < -0.39 is 11.8 Å². The molecule has 1 aliphatic rings. The number of carbonyl (C=O) groups excluding carboxylic acids is 2. The SMILES string of the molecule is CN1CCC(CNC(=O)C(=O)NCC(N)=S)CC1. The first-order valence-electron chi connectivity index (χ1n) is 6.02. The lowest BCUT2D eigenvalue weighted by atomic mass is 9.97. The van der Waals surface area contributed by atoms with Crippen molar-refractivity contribution in [2.45, 2.75) is 12.8 Å². The van der Waals surface area contributed by atoms with Crippen molar-refractivity contribution in [3.63, 3.8) is 0 Å². The van der Waals surface area contributed by atoms with E-state index >= 15 is 0 Å². The molecule has 0 aliphatic carbocycles. The van der Waals surface area contributed by atoms with E-state index in [0.717, 1.165) is 25.9 Å². The molecule has 0 spiro atoms. The van der Waals surface area contributed by atoms with Gasteiger partial charge in [-0.1, -0.05) is 12.2 Å². The highest BCUT2D eigenvalue weighted by molar-refractivity contribution is 7.80. The first-order valence-corrected chi connectivity index (χ1v) is 6.42. The first-order chi connectivity index (χ1) is 8.49. The molecule has 0 radical (unpaired) electrons. The lowest BCUT2D eigenvalue weighted by Crippen LogP contribution is -2.45. The molecule has 1 heterocycles. The molecular formula is C11H20N4O2S. The summed E-state index contributed by atoms with van der Waals surface area (Å²) in [5.41, 5.74) is 5.23. The Morgan fingerprint density at radius 3 is 2.39 bits per heavy atom. The highest BCUT2D eigenvalue weighted by atomic mass is 32.1. The number of hydrogen-bond acceptors (Lipinski definition) is 4. The third-order valence-corrected chi connectivity index (χ3v) is 3.16. The Labute approximate surface area is 112 Å². The molecule has 0 aromatic carbocycles. The number of piperidine rings is 1. The van der Waals surface area contributed by atoms with E-state index in [4.69, 9.17) is 5.73 Å². The maximum atomic E-state index is 11.4. The second-order valence-corrected chi connectivity index (χ2v) is 5.13. The second-order valence-electron chi connectivity index (χ2n) is 4.61. The van der Waals surface area contributed by atoms with Crippen LogP contribution >= 0.6 is 12.2 Å². The molecule has 4 N–H and O–H groups in total. The zero-order valence-electron chi connectivity index (χ0n) is 10.6. The van der Waals surface area contributed by atoms with E-state index in [2.05, 4.69) is 34.8 Å². The Balaban J connectivity index is 2.20. The van der Waals surface area contributed by atoms with Crippen molar-refractivity contribution in [3.8, 4) is 0 Å². The number of amides is 2. The van der Waals surface area contributed by atoms with Crippen LogP contribution in [0.1, 0.15) is 12.8 Å². The van der Waals surface area contributed by atoms with Crippen LogP contribution in [0.3, 0.4) is 0 Å². The van der Waals surface area contributed by atoms with Crippen molar-refractivity contribution in [1.29, 1.82) is 0 Å². The van der Waals surface area contributed by atoms with Crippen molar-refractivity contribution in [3.05, 3.63) is 0 Å². The predicted octanol–water partition coefficient (Wildman–Crippen LogP) is -1.15. The molecule has 0 bridgehead atoms. The van der Waals surface area contributed by atoms with Crippen molar-refractivity contribution in [2.24, 2.45) is 11.7 Å². The quantitative estimate of drug-likeness (QED) is 0.444. The molecule has 0 unspecified atom stereocenters. The number of hydrogen-bond donors (Lipinski definition) is 3. The molecule has 18 heavy (non-hydrogen) atoms. The minimum absolute atomic E-state index is 0.0514. The van der Waals surface area contributed by atoms with Gasteiger partial charge in [-0.15, -0.1) is 0 Å². The predicted molar refractivity (Wildman–Crippen MR) is 73.0 cm³/mol. The van der Waals surface area contributed by atoms with E-state index in [1.54, 1.807) is 0 Å². The zero-order valence-corrected chi connectivity index (χ0v) is 11.4. The van der Waals surface area contributed by atoms with Gasteiger partial charge >= 0.3 is 11.8 Å². The summed E-state index contributed by atoms with van der Waals surface area (Å²) in [6, 6.07) is 0. The van der Waals surface area contributed by atoms with Gasteiger partial charge in [0.15, 0.2) is 0 Å². The Morgan fingerprint density at radius 2 is 1.83 bits per heavy atom. The Hall–Kier alpha value is -1.21. The zero-order chi connectivity index (χ0) is 13.5. The van der Waals surface area contributed by atoms with Crippen LogP contribution in [0.25, 0.3) is 0 Å². The summed E-state index contributed by atoms with van der Waals surface area (Å²) in [5, 5.41) is 4.99. The molecule has 1 fully saturated rings. The topological polar surface area (TPSA) is 87.5 Å². The summed E-state index contributed by atoms with van der Waals surface area (Å²) in [6.07, 6.45) is 2.09. The van der Waals surface area contributed by atoms with Crippen LogP contribution < -0.4 is 16.4 Å². The highest BCUT2D eigenvalue weighted by Gasteiger charge is 2.19. The van der Waals surface area contributed by atoms with Crippen LogP contribution in [-0.2, 0) is 9.59 Å². The number of nitrogens with zero attached hydrogens (tertiary/aromatic N) is 1. The summed E-state index contributed by atoms with van der Waals surface area (Å²) in [4.78, 5) is 25.2. The van der Waals surface area contributed by atoms with E-state index in [1.807, 2.05) is 0 Å². The van der Waals surface area contributed by atoms with Gasteiger partial charge in [-0.3, -0.25) is 9.59 Å². The van der Waals surface area contributed by atoms with Gasteiger partial charge in [0.1, 0.15) is 0 Å². The molecule has 6 nitrogen and oxygen atoms in total. The number of likely N-dealkylation sites (tertiary alicyclic amines) is 1. The largest absolute Gasteiger partial charge is 0.392 e. The standard InChI is InChI=1S/C11H20N4O2S/c1-15-4-2-8(3-5-15)6-13-10(16)11(17)14-7-9(12)18/h8H,2-7H2,1H3,(H2,12,18)(H,13,16)(H,14,17). The van der Waals surface area contributed by atoms with Crippen molar-refractivity contribution < 1.29 is 9.59 Å². The number of thiocarbonyl (C=S) groups is 1. The van der Waals surface area contributed by atoms with E-state index in [1.165, 1.54) is 0 Å². The fourth-order valence-corrected chi connectivity index (χ4v) is 1.90. The minimum atomic E-state index is -0.685. The van der Waals surface area contributed by atoms with Crippen molar-refractivity contribution in [1.82, 2.24) is 15.5 Å². The summed E-state index contributed by atoms with van der Waals surface area (Å²) in [6.45, 7) is 2.67. The molecule has 0 aromatic heterocycles. The molecule has 2 amide bonds. The van der Waals surface area contributed by atoms with Crippen LogP contribution in [0.4, 0.5) is 0 Å². The number of nitrogens with two attached hydrogens (primary N) is 1. The second kappa shape index (κ2) is 7.27. The Bertz CT molecular complexity index is 327. The summed E-state index contributed by atoms with van der Waals surface area (Å²) < 4.78 is 0. The van der Waals surface area contributed by atoms with Crippen LogP contribution in [0, 0.1) is 5.92 Å². The van der Waals surface area contributed by atoms with Crippen LogP contribution in [-0.4, -0.2) is 54.9 Å². The number of rotatable bonds is 4. The van der Waals surface area contributed by atoms with Gasteiger partial charge in [-0.25, -0.2) is 0 Å². The lowest BCUT2D eigenvalue weighted by molar-refractivity contribution is -0.139. The monoisotopic (exact) mass is 272 g/mol. The van der Waals surface area contributed by atoms with Crippen LogP contribution in [0.15, 0.2) is 0 Å². The molecule has 1 saturated heterocycles. The van der Waals surface area contributed by atoms with Gasteiger partial charge in [0, 0.05) is 6.54 Å². The van der Waals surface area contributed by atoms with Gasteiger partial charge in [-0.2, -0.15) is 0 Å². The average Bonchev–Trinajstić information content (AvgIpc) is 2.34. The van der Waals surface area contributed by atoms with Crippen molar-refractivity contribution in [2.75, 3.05) is 33.2 Å². The van der Waals surface area contributed by atoms with E-state index in [-0.39, 0.29) is 11.5 Å². The third kappa shape index (κ3) is 5.42.